The van der Waals surface area contributed by atoms with E-state index in [0.29, 0.717) is 13.1 Å². The number of nitrogens with zero attached hydrogens (tertiary/aromatic N) is 1. The van der Waals surface area contributed by atoms with Crippen molar-refractivity contribution >= 4 is 11.8 Å². The standard InChI is InChI=1S/C21H21FN2O2/c22-16-8-6-14(7-9-16)17-12-18(17)21(26)24-11-10-23-20(25)13-19(24)15-4-2-1-3-5-15/h1-9,17-19H,10-13H2,(H,23,25)/t17-,18-,19-/m1/s1. The number of carbonyl (C=O) groups is 2. The Morgan fingerprint density at radius 3 is 2.50 bits per heavy atom. The lowest BCUT2D eigenvalue weighted by Gasteiger charge is -2.30. The average molecular weight is 352 g/mol. The highest BCUT2D eigenvalue weighted by atomic mass is 19.1. The smallest absolute Gasteiger partial charge is 0.226 e. The molecule has 2 aromatic rings. The summed E-state index contributed by atoms with van der Waals surface area (Å²) in [4.78, 5) is 27.1. The molecule has 0 radical (unpaired) electrons. The minimum Gasteiger partial charge on any atom is -0.354 e. The van der Waals surface area contributed by atoms with Gasteiger partial charge in [0.1, 0.15) is 5.82 Å². The maximum Gasteiger partial charge on any atom is 0.226 e. The summed E-state index contributed by atoms with van der Waals surface area (Å²) in [5, 5.41) is 2.86. The number of nitrogens with one attached hydrogen (secondary N) is 1. The van der Waals surface area contributed by atoms with Crippen molar-refractivity contribution in [2.24, 2.45) is 5.92 Å². The molecular formula is C21H21FN2O2. The number of halogens is 1. The molecule has 4 nitrogen and oxygen atoms in total. The first-order valence-corrected chi connectivity index (χ1v) is 9.01. The van der Waals surface area contributed by atoms with Gasteiger partial charge in [0.2, 0.25) is 11.8 Å². The fraction of sp³-hybridized carbons (Fsp3) is 0.333. The first-order chi connectivity index (χ1) is 12.6. The lowest BCUT2D eigenvalue weighted by molar-refractivity contribution is -0.135. The molecule has 2 aromatic carbocycles. The quantitative estimate of drug-likeness (QED) is 0.923. The Morgan fingerprint density at radius 2 is 1.77 bits per heavy atom. The molecule has 2 amide bonds. The maximum absolute atomic E-state index is 13.2. The Labute approximate surface area is 152 Å². The number of benzene rings is 2. The van der Waals surface area contributed by atoms with Crippen LogP contribution in [0.5, 0.6) is 0 Å². The van der Waals surface area contributed by atoms with Crippen LogP contribution in [0.1, 0.15) is 35.9 Å². The molecule has 1 heterocycles. The van der Waals surface area contributed by atoms with E-state index in [0.717, 1.165) is 17.5 Å². The number of rotatable bonds is 3. The molecule has 2 aliphatic rings. The van der Waals surface area contributed by atoms with Crippen LogP contribution in [0.4, 0.5) is 4.39 Å². The summed E-state index contributed by atoms with van der Waals surface area (Å²) in [6.07, 6.45) is 1.06. The number of carbonyl (C=O) groups excluding carboxylic acids is 2. The lowest BCUT2D eigenvalue weighted by Crippen LogP contribution is -2.37. The second kappa shape index (κ2) is 6.90. The molecule has 4 rings (SSSR count). The molecule has 0 spiro atoms. The third kappa shape index (κ3) is 3.34. The van der Waals surface area contributed by atoms with Gasteiger partial charge in [0, 0.05) is 19.0 Å². The van der Waals surface area contributed by atoms with E-state index in [1.165, 1.54) is 12.1 Å². The van der Waals surface area contributed by atoms with Gasteiger partial charge in [-0.3, -0.25) is 9.59 Å². The van der Waals surface area contributed by atoms with E-state index >= 15 is 0 Å². The van der Waals surface area contributed by atoms with Crippen LogP contribution < -0.4 is 5.32 Å². The lowest BCUT2D eigenvalue weighted by atomic mass is 10.0. The summed E-state index contributed by atoms with van der Waals surface area (Å²) < 4.78 is 13.1. The van der Waals surface area contributed by atoms with E-state index in [-0.39, 0.29) is 41.9 Å². The summed E-state index contributed by atoms with van der Waals surface area (Å²) in [5.74, 6) is -0.144. The zero-order valence-corrected chi connectivity index (χ0v) is 14.4. The van der Waals surface area contributed by atoms with Crippen molar-refractivity contribution in [1.29, 1.82) is 0 Å². The number of amides is 2. The second-order valence-corrected chi connectivity index (χ2v) is 7.01. The third-order valence-electron chi connectivity index (χ3n) is 5.30. The van der Waals surface area contributed by atoms with Gasteiger partial charge in [-0.25, -0.2) is 4.39 Å². The van der Waals surface area contributed by atoms with Crippen LogP contribution in [0.15, 0.2) is 54.6 Å². The van der Waals surface area contributed by atoms with Crippen molar-refractivity contribution < 1.29 is 14.0 Å². The number of hydrogen-bond acceptors (Lipinski definition) is 2. The van der Waals surface area contributed by atoms with Gasteiger partial charge in [0.25, 0.3) is 0 Å². The fourth-order valence-corrected chi connectivity index (χ4v) is 3.83. The average Bonchev–Trinajstić information content (AvgIpc) is 3.47. The van der Waals surface area contributed by atoms with Gasteiger partial charge >= 0.3 is 0 Å². The van der Waals surface area contributed by atoms with Crippen molar-refractivity contribution in [1.82, 2.24) is 10.2 Å². The van der Waals surface area contributed by atoms with Crippen LogP contribution in [0.3, 0.4) is 0 Å². The van der Waals surface area contributed by atoms with E-state index in [2.05, 4.69) is 5.32 Å². The Hall–Kier alpha value is -2.69. The minimum absolute atomic E-state index is 0.0277. The Kier molecular flexibility index (Phi) is 4.45. The van der Waals surface area contributed by atoms with Gasteiger partial charge in [-0.1, -0.05) is 42.5 Å². The van der Waals surface area contributed by atoms with Gasteiger partial charge in [0.05, 0.1) is 12.5 Å². The summed E-state index contributed by atoms with van der Waals surface area (Å²) >= 11 is 0. The normalized spacial score (nSPS) is 25.3. The van der Waals surface area contributed by atoms with E-state index in [4.69, 9.17) is 0 Å². The molecule has 0 bridgehead atoms. The van der Waals surface area contributed by atoms with Gasteiger partial charge in [-0.05, 0) is 35.6 Å². The van der Waals surface area contributed by atoms with Crippen molar-refractivity contribution in [3.05, 3.63) is 71.5 Å². The molecule has 134 valence electrons. The SMILES string of the molecule is O=C1C[C@H](c2ccccc2)N(C(=O)[C@@H]2C[C@@H]2c2ccc(F)cc2)CCN1. The molecule has 3 atom stereocenters. The molecule has 1 aliphatic heterocycles. The molecule has 5 heteroatoms. The summed E-state index contributed by atoms with van der Waals surface area (Å²) in [6.45, 7) is 0.985. The minimum atomic E-state index is -0.265. The second-order valence-electron chi connectivity index (χ2n) is 7.01. The van der Waals surface area contributed by atoms with Gasteiger partial charge in [0.15, 0.2) is 0 Å². The zero-order valence-electron chi connectivity index (χ0n) is 14.4. The monoisotopic (exact) mass is 352 g/mol. The molecule has 2 fully saturated rings. The van der Waals surface area contributed by atoms with Crippen LogP contribution in [0.2, 0.25) is 0 Å². The number of hydrogen-bond donors (Lipinski definition) is 1. The van der Waals surface area contributed by atoms with Crippen molar-refractivity contribution in [3.63, 3.8) is 0 Å². The Morgan fingerprint density at radius 1 is 1.04 bits per heavy atom. The third-order valence-corrected chi connectivity index (χ3v) is 5.30. The van der Waals surface area contributed by atoms with Gasteiger partial charge in [-0.15, -0.1) is 0 Å². The summed E-state index contributed by atoms with van der Waals surface area (Å²) in [6, 6.07) is 15.9. The first kappa shape index (κ1) is 16.8. The van der Waals surface area contributed by atoms with E-state index < -0.39 is 0 Å². The molecule has 1 aliphatic carbocycles. The highest BCUT2D eigenvalue weighted by molar-refractivity contribution is 5.85. The van der Waals surface area contributed by atoms with Crippen LogP contribution >= 0.6 is 0 Å². The fourth-order valence-electron chi connectivity index (χ4n) is 3.83. The predicted molar refractivity (Wildman–Crippen MR) is 95.8 cm³/mol. The predicted octanol–water partition coefficient (Wildman–Crippen LogP) is 3.02. The zero-order chi connectivity index (χ0) is 18.1. The molecule has 1 saturated heterocycles. The van der Waals surface area contributed by atoms with Crippen molar-refractivity contribution in [2.75, 3.05) is 13.1 Å². The maximum atomic E-state index is 13.2. The van der Waals surface area contributed by atoms with Crippen molar-refractivity contribution in [2.45, 2.75) is 24.8 Å². The van der Waals surface area contributed by atoms with Crippen LogP contribution in [-0.4, -0.2) is 29.8 Å². The summed E-state index contributed by atoms with van der Waals surface area (Å²) in [5.41, 5.74) is 1.99. The molecular weight excluding hydrogens is 331 g/mol. The molecule has 0 aromatic heterocycles. The van der Waals surface area contributed by atoms with Crippen molar-refractivity contribution in [3.8, 4) is 0 Å². The van der Waals surface area contributed by atoms with E-state index in [1.807, 2.05) is 35.2 Å². The van der Waals surface area contributed by atoms with E-state index in [1.54, 1.807) is 12.1 Å². The topological polar surface area (TPSA) is 49.4 Å². The highest BCUT2D eigenvalue weighted by Crippen LogP contribution is 2.49. The van der Waals surface area contributed by atoms with Gasteiger partial charge in [-0.2, -0.15) is 0 Å². The molecule has 0 unspecified atom stereocenters. The Balaban J connectivity index is 1.55. The largest absolute Gasteiger partial charge is 0.354 e. The van der Waals surface area contributed by atoms with E-state index in [9.17, 15) is 14.0 Å². The van der Waals surface area contributed by atoms with Crippen LogP contribution in [-0.2, 0) is 9.59 Å². The molecule has 1 saturated carbocycles. The van der Waals surface area contributed by atoms with Gasteiger partial charge < -0.3 is 10.2 Å². The molecule has 1 N–H and O–H groups in total. The van der Waals surface area contributed by atoms with Crippen LogP contribution in [0, 0.1) is 11.7 Å². The first-order valence-electron chi connectivity index (χ1n) is 9.01. The summed E-state index contributed by atoms with van der Waals surface area (Å²) in [7, 11) is 0. The highest BCUT2D eigenvalue weighted by Gasteiger charge is 2.47. The van der Waals surface area contributed by atoms with Crippen LogP contribution in [0.25, 0.3) is 0 Å². The molecule has 26 heavy (non-hydrogen) atoms. The Bertz CT molecular complexity index is 807.